The highest BCUT2D eigenvalue weighted by Gasteiger charge is 2.67. The molecule has 0 bridgehead atoms. The topological polar surface area (TPSA) is 48.8 Å². The predicted octanol–water partition coefficient (Wildman–Crippen LogP) is 2.97. The van der Waals surface area contributed by atoms with Crippen LogP contribution in [-0.2, 0) is 24.8 Å². The fraction of sp³-hybridized carbons (Fsp3) is 0.360. The molecule has 2 atom stereocenters. The Labute approximate surface area is 181 Å². The van der Waals surface area contributed by atoms with Gasteiger partial charge in [0.25, 0.3) is 5.91 Å². The van der Waals surface area contributed by atoms with Gasteiger partial charge in [0, 0.05) is 49.2 Å². The van der Waals surface area contributed by atoms with E-state index >= 15 is 0 Å². The average Bonchev–Trinajstić information content (AvgIpc) is 3.35. The van der Waals surface area contributed by atoms with Gasteiger partial charge in [0.2, 0.25) is 0 Å². The van der Waals surface area contributed by atoms with Gasteiger partial charge in [-0.05, 0) is 30.7 Å². The monoisotopic (exact) mass is 414 g/mol. The van der Waals surface area contributed by atoms with Gasteiger partial charge < -0.3 is 14.4 Å². The fourth-order valence-electron chi connectivity index (χ4n) is 6.12. The van der Waals surface area contributed by atoms with Crippen LogP contribution >= 0.6 is 0 Å². The van der Waals surface area contributed by atoms with Gasteiger partial charge in [-0.2, -0.15) is 0 Å². The summed E-state index contributed by atoms with van der Waals surface area (Å²) in [5, 5.41) is 1.21. The highest BCUT2D eigenvalue weighted by Crippen LogP contribution is 2.52. The summed E-state index contributed by atoms with van der Waals surface area (Å²) in [5.74, 6) is -0.0353. The molecule has 4 heterocycles. The molecule has 2 saturated heterocycles. The number of aromatic nitrogens is 1. The van der Waals surface area contributed by atoms with Gasteiger partial charge in [-0.25, -0.2) is 4.79 Å². The lowest BCUT2D eigenvalue weighted by Crippen LogP contribution is -2.57. The average molecular weight is 415 g/mol. The molecular formula is C25H26N4O2. The second kappa shape index (κ2) is 6.44. The number of carbonyl (C=O) groups excluding carboxylic acids is 2. The van der Waals surface area contributed by atoms with Gasteiger partial charge in [-0.3, -0.25) is 9.69 Å². The molecule has 6 heteroatoms. The Balaban J connectivity index is 1.44. The molecule has 3 aliphatic heterocycles. The summed E-state index contributed by atoms with van der Waals surface area (Å²) in [7, 11) is 4.13. The first-order valence-electron chi connectivity index (χ1n) is 10.9. The highest BCUT2D eigenvalue weighted by molar-refractivity contribution is 6.09. The van der Waals surface area contributed by atoms with Crippen molar-refractivity contribution in [1.29, 1.82) is 0 Å². The number of amides is 3. The molecule has 6 nitrogen and oxygen atoms in total. The van der Waals surface area contributed by atoms with Crippen LogP contribution in [0.2, 0.25) is 0 Å². The van der Waals surface area contributed by atoms with Crippen molar-refractivity contribution in [3.05, 3.63) is 71.4 Å². The van der Waals surface area contributed by atoms with Crippen molar-refractivity contribution in [2.45, 2.75) is 24.4 Å². The van der Waals surface area contributed by atoms with E-state index < -0.39 is 5.54 Å². The predicted molar refractivity (Wildman–Crippen MR) is 119 cm³/mol. The second-order valence-electron chi connectivity index (χ2n) is 9.17. The van der Waals surface area contributed by atoms with Crippen LogP contribution in [-0.4, -0.2) is 63.4 Å². The van der Waals surface area contributed by atoms with Crippen LogP contribution in [0.25, 0.3) is 10.9 Å². The Morgan fingerprint density at radius 2 is 1.74 bits per heavy atom. The number of para-hydroxylation sites is 1. The van der Waals surface area contributed by atoms with Gasteiger partial charge in [0.15, 0.2) is 0 Å². The number of rotatable bonds is 3. The molecule has 1 spiro atoms. The zero-order valence-corrected chi connectivity index (χ0v) is 17.9. The fourth-order valence-corrected chi connectivity index (χ4v) is 6.12. The lowest BCUT2D eigenvalue weighted by Gasteiger charge is -2.40. The maximum atomic E-state index is 13.9. The van der Waals surface area contributed by atoms with E-state index in [0.717, 1.165) is 17.8 Å². The summed E-state index contributed by atoms with van der Waals surface area (Å²) in [5.41, 5.74) is 3.92. The van der Waals surface area contributed by atoms with Crippen molar-refractivity contribution in [1.82, 2.24) is 19.3 Å². The number of urea groups is 1. The van der Waals surface area contributed by atoms with E-state index in [4.69, 9.17) is 0 Å². The lowest BCUT2D eigenvalue weighted by molar-refractivity contribution is -0.133. The number of imide groups is 1. The van der Waals surface area contributed by atoms with Gasteiger partial charge in [0.1, 0.15) is 5.54 Å². The number of carbonyl (C=O) groups is 2. The minimum Gasteiger partial charge on any atom is -0.346 e. The maximum absolute atomic E-state index is 13.9. The van der Waals surface area contributed by atoms with Crippen LogP contribution < -0.4 is 0 Å². The molecule has 3 aromatic rings. The zero-order valence-electron chi connectivity index (χ0n) is 17.9. The molecule has 0 radical (unpaired) electrons. The normalized spacial score (nSPS) is 25.3. The van der Waals surface area contributed by atoms with E-state index in [1.165, 1.54) is 21.4 Å². The van der Waals surface area contributed by atoms with E-state index in [-0.39, 0.29) is 17.9 Å². The largest absolute Gasteiger partial charge is 0.346 e. The Morgan fingerprint density at radius 1 is 1.00 bits per heavy atom. The van der Waals surface area contributed by atoms with Gasteiger partial charge >= 0.3 is 6.03 Å². The Morgan fingerprint density at radius 3 is 2.55 bits per heavy atom. The number of nitrogens with zero attached hydrogens (tertiary/aromatic N) is 4. The summed E-state index contributed by atoms with van der Waals surface area (Å²) < 4.78 is 2.21. The first kappa shape index (κ1) is 18.6. The number of benzene rings is 2. The minimum absolute atomic E-state index is 0.00877. The van der Waals surface area contributed by atoms with Crippen LogP contribution in [0.4, 0.5) is 4.79 Å². The number of aryl methyl sites for hydroxylation is 1. The van der Waals surface area contributed by atoms with Crippen molar-refractivity contribution in [3.8, 4) is 0 Å². The van der Waals surface area contributed by atoms with Crippen LogP contribution in [0.15, 0.2) is 54.6 Å². The van der Waals surface area contributed by atoms with Crippen LogP contribution in [0.3, 0.4) is 0 Å². The third-order valence-electron chi connectivity index (χ3n) is 7.54. The summed E-state index contributed by atoms with van der Waals surface area (Å²) in [4.78, 5) is 33.0. The molecule has 0 unspecified atom stereocenters. The number of fused-ring (bicyclic) bond motifs is 4. The van der Waals surface area contributed by atoms with Crippen molar-refractivity contribution in [2.24, 2.45) is 7.05 Å². The Bertz CT molecular complexity index is 1220. The number of hydrogen-bond acceptors (Lipinski definition) is 3. The molecule has 1 aromatic heterocycles. The molecule has 6 rings (SSSR count). The molecule has 158 valence electrons. The van der Waals surface area contributed by atoms with Crippen molar-refractivity contribution < 1.29 is 9.59 Å². The maximum Gasteiger partial charge on any atom is 0.328 e. The molecule has 3 aliphatic rings. The molecule has 0 N–H and O–H groups in total. The van der Waals surface area contributed by atoms with E-state index in [1.54, 1.807) is 0 Å². The first-order chi connectivity index (χ1) is 15.0. The van der Waals surface area contributed by atoms with E-state index in [9.17, 15) is 9.59 Å². The number of likely N-dealkylation sites (tertiary alicyclic amines) is 1. The smallest absolute Gasteiger partial charge is 0.328 e. The molecule has 2 fully saturated rings. The SMILES string of the molecule is CN1C[C@H]2c3c(n(C)c4ccccc34)CN3C(=O)N(CCc4ccccc4)C(=O)[C@]23C1. The van der Waals surface area contributed by atoms with Crippen molar-refractivity contribution in [2.75, 3.05) is 26.7 Å². The third kappa shape index (κ3) is 2.36. The molecule has 31 heavy (non-hydrogen) atoms. The van der Waals surface area contributed by atoms with Crippen LogP contribution in [0.5, 0.6) is 0 Å². The minimum atomic E-state index is -0.792. The van der Waals surface area contributed by atoms with Gasteiger partial charge in [-0.1, -0.05) is 48.5 Å². The highest BCUT2D eigenvalue weighted by atomic mass is 16.2. The van der Waals surface area contributed by atoms with Crippen LogP contribution in [0, 0.1) is 0 Å². The molecule has 2 aromatic carbocycles. The molecular weight excluding hydrogens is 388 g/mol. The van der Waals surface area contributed by atoms with E-state index in [1.807, 2.05) is 41.3 Å². The second-order valence-corrected chi connectivity index (χ2v) is 9.17. The molecule has 0 saturated carbocycles. The van der Waals surface area contributed by atoms with Crippen molar-refractivity contribution in [3.63, 3.8) is 0 Å². The van der Waals surface area contributed by atoms with Crippen molar-refractivity contribution >= 4 is 22.8 Å². The number of hydrogen-bond donors (Lipinski definition) is 0. The van der Waals surface area contributed by atoms with Gasteiger partial charge in [-0.15, -0.1) is 0 Å². The third-order valence-corrected chi connectivity index (χ3v) is 7.54. The molecule has 3 amide bonds. The van der Waals surface area contributed by atoms with E-state index in [2.05, 4.69) is 41.8 Å². The van der Waals surface area contributed by atoms with Gasteiger partial charge in [0.05, 0.1) is 6.54 Å². The first-order valence-corrected chi connectivity index (χ1v) is 10.9. The van der Waals surface area contributed by atoms with E-state index in [0.29, 0.717) is 26.1 Å². The summed E-state index contributed by atoms with van der Waals surface area (Å²) >= 11 is 0. The van der Waals surface area contributed by atoms with Crippen LogP contribution in [0.1, 0.15) is 22.7 Å². The quantitative estimate of drug-likeness (QED) is 0.619. The summed E-state index contributed by atoms with van der Waals surface area (Å²) in [6.07, 6.45) is 0.679. The standard InChI is InChI=1S/C25H26N4O2/c1-26-14-19-22-18-10-6-7-11-20(18)27(2)21(22)15-29-24(31)28(23(30)25(19,29)16-26)13-12-17-8-4-3-5-9-17/h3-11,19H,12-16H2,1-2H3/t19-,25-/m0/s1. The number of likely N-dealkylation sites (N-methyl/N-ethyl adjacent to an activating group) is 1. The lowest BCUT2D eigenvalue weighted by atomic mass is 9.76. The zero-order chi connectivity index (χ0) is 21.3. The summed E-state index contributed by atoms with van der Waals surface area (Å²) in [6.45, 7) is 2.28. The summed E-state index contributed by atoms with van der Waals surface area (Å²) in [6, 6.07) is 18.3. The molecule has 0 aliphatic carbocycles. The Hall–Kier alpha value is -3.12. The Kier molecular flexibility index (Phi) is 3.87.